The largest absolute Gasteiger partial charge is 0.369 e. The van der Waals surface area contributed by atoms with E-state index in [0.29, 0.717) is 6.54 Å². The maximum absolute atomic E-state index is 12.9. The summed E-state index contributed by atoms with van der Waals surface area (Å²) in [7, 11) is 0. The monoisotopic (exact) mass is 347 g/mol. The number of nitrogens with two attached hydrogens (primary N) is 1. The van der Waals surface area contributed by atoms with Crippen LogP contribution in [0.4, 0.5) is 0 Å². The number of hydrogen-bond acceptors (Lipinski definition) is 5. The molecule has 1 aromatic heterocycles. The van der Waals surface area contributed by atoms with E-state index in [1.807, 2.05) is 9.80 Å². The average molecular weight is 347 g/mol. The quantitative estimate of drug-likeness (QED) is 0.775. The molecule has 2 fully saturated rings. The van der Waals surface area contributed by atoms with E-state index in [1.165, 1.54) is 12.4 Å². The van der Waals surface area contributed by atoms with Crippen molar-refractivity contribution in [2.24, 2.45) is 11.7 Å². The van der Waals surface area contributed by atoms with Crippen LogP contribution < -0.4 is 11.3 Å². The topological polar surface area (TPSA) is 112 Å². The highest BCUT2D eigenvalue weighted by Crippen LogP contribution is 2.27. The lowest BCUT2D eigenvalue weighted by atomic mass is 9.91. The van der Waals surface area contributed by atoms with Crippen LogP contribution in [0.5, 0.6) is 0 Å². The summed E-state index contributed by atoms with van der Waals surface area (Å²) in [6.45, 7) is 3.11. The first-order valence-electron chi connectivity index (χ1n) is 8.87. The minimum absolute atomic E-state index is 0.00927. The number of piperidine rings is 2. The van der Waals surface area contributed by atoms with Gasteiger partial charge in [0.05, 0.1) is 18.6 Å². The number of likely N-dealkylation sites (tertiary alicyclic amines) is 2. The van der Waals surface area contributed by atoms with E-state index < -0.39 is 0 Å². The molecule has 3 rings (SSSR count). The van der Waals surface area contributed by atoms with Gasteiger partial charge in [-0.3, -0.25) is 19.3 Å². The molecule has 0 bridgehead atoms. The molecule has 2 aliphatic rings. The van der Waals surface area contributed by atoms with Crippen molar-refractivity contribution in [1.29, 1.82) is 0 Å². The van der Waals surface area contributed by atoms with Crippen LogP contribution in [0.15, 0.2) is 17.2 Å². The van der Waals surface area contributed by atoms with Gasteiger partial charge in [0, 0.05) is 31.0 Å². The maximum atomic E-state index is 12.9. The molecule has 0 unspecified atom stereocenters. The van der Waals surface area contributed by atoms with Gasteiger partial charge in [0.25, 0.3) is 5.56 Å². The fourth-order valence-corrected chi connectivity index (χ4v) is 3.84. The van der Waals surface area contributed by atoms with Crippen molar-refractivity contribution >= 4 is 11.8 Å². The average Bonchev–Trinajstić information content (AvgIpc) is 2.61. The van der Waals surface area contributed by atoms with Gasteiger partial charge in [-0.1, -0.05) is 0 Å². The van der Waals surface area contributed by atoms with Crippen molar-refractivity contribution in [1.82, 2.24) is 19.8 Å². The summed E-state index contributed by atoms with van der Waals surface area (Å²) in [5.41, 5.74) is 5.83. The van der Waals surface area contributed by atoms with Gasteiger partial charge in [0.1, 0.15) is 0 Å². The molecular formula is C17H25N5O3. The fraction of sp³-hybridized carbons (Fsp3) is 0.647. The molecule has 136 valence electrons. The molecule has 0 aromatic carbocycles. The second kappa shape index (κ2) is 7.77. The van der Waals surface area contributed by atoms with Crippen molar-refractivity contribution in [2.45, 2.75) is 31.6 Å². The summed E-state index contributed by atoms with van der Waals surface area (Å²) in [6, 6.07) is 1.53. The van der Waals surface area contributed by atoms with Crippen LogP contribution in [-0.4, -0.2) is 64.3 Å². The lowest BCUT2D eigenvalue weighted by Crippen LogP contribution is -2.47. The second-order valence-electron chi connectivity index (χ2n) is 6.98. The van der Waals surface area contributed by atoms with E-state index in [-0.39, 0.29) is 35.8 Å². The molecule has 0 aliphatic carbocycles. The zero-order valence-corrected chi connectivity index (χ0v) is 14.3. The number of hydrogen-bond donors (Lipinski definition) is 2. The third-order valence-electron chi connectivity index (χ3n) is 5.17. The molecule has 2 aliphatic heterocycles. The Bertz CT molecular complexity index is 681. The molecule has 3 heterocycles. The van der Waals surface area contributed by atoms with Gasteiger partial charge in [-0.05, 0) is 38.8 Å². The Hall–Kier alpha value is -2.22. The fourth-order valence-electron chi connectivity index (χ4n) is 3.84. The Morgan fingerprint density at radius 2 is 2.00 bits per heavy atom. The van der Waals surface area contributed by atoms with Gasteiger partial charge in [0.15, 0.2) is 0 Å². The van der Waals surface area contributed by atoms with Gasteiger partial charge in [-0.15, -0.1) is 0 Å². The number of H-pyrrole nitrogens is 1. The third-order valence-corrected chi connectivity index (χ3v) is 5.17. The number of amides is 2. The van der Waals surface area contributed by atoms with Crippen LogP contribution in [0.1, 0.15) is 37.3 Å². The second-order valence-corrected chi connectivity index (χ2v) is 6.98. The van der Waals surface area contributed by atoms with Gasteiger partial charge < -0.3 is 15.6 Å². The van der Waals surface area contributed by atoms with E-state index >= 15 is 0 Å². The van der Waals surface area contributed by atoms with Crippen LogP contribution in [0.3, 0.4) is 0 Å². The Kier molecular flexibility index (Phi) is 5.47. The molecule has 0 saturated carbocycles. The van der Waals surface area contributed by atoms with Crippen LogP contribution in [-0.2, 0) is 9.59 Å². The van der Waals surface area contributed by atoms with E-state index in [1.54, 1.807) is 0 Å². The molecule has 0 radical (unpaired) electrons. The Balaban J connectivity index is 1.57. The highest BCUT2D eigenvalue weighted by Gasteiger charge is 2.32. The zero-order chi connectivity index (χ0) is 17.8. The van der Waals surface area contributed by atoms with Crippen LogP contribution in [0, 0.1) is 5.92 Å². The summed E-state index contributed by atoms with van der Waals surface area (Å²) in [6.07, 6.45) is 4.81. The lowest BCUT2D eigenvalue weighted by molar-refractivity contribution is -0.138. The van der Waals surface area contributed by atoms with E-state index in [4.69, 9.17) is 5.73 Å². The number of carbonyl (C=O) groups is 2. The van der Waals surface area contributed by atoms with Crippen molar-refractivity contribution in [2.75, 3.05) is 32.7 Å². The van der Waals surface area contributed by atoms with E-state index in [0.717, 1.165) is 51.0 Å². The molecule has 1 atom stereocenters. The van der Waals surface area contributed by atoms with Crippen LogP contribution in [0.2, 0.25) is 0 Å². The molecule has 2 saturated heterocycles. The lowest BCUT2D eigenvalue weighted by Gasteiger charge is -2.37. The number of nitrogens with one attached hydrogen (secondary N) is 1. The first kappa shape index (κ1) is 17.6. The van der Waals surface area contributed by atoms with Gasteiger partial charge in [0.2, 0.25) is 11.8 Å². The van der Waals surface area contributed by atoms with Crippen molar-refractivity contribution in [3.8, 4) is 0 Å². The van der Waals surface area contributed by atoms with Gasteiger partial charge in [-0.25, -0.2) is 4.98 Å². The van der Waals surface area contributed by atoms with Crippen LogP contribution in [0.25, 0.3) is 0 Å². The van der Waals surface area contributed by atoms with E-state index in [2.05, 4.69) is 9.97 Å². The van der Waals surface area contributed by atoms with Crippen LogP contribution >= 0.6 is 0 Å². The highest BCUT2D eigenvalue weighted by molar-refractivity contribution is 5.79. The third kappa shape index (κ3) is 4.45. The SMILES string of the molecule is NC(=O)CN1CCC(C(=O)N2CCC[C@@H](c3cc(=O)[nH]cn3)C2)CC1. The number of rotatable bonds is 4. The molecule has 0 spiro atoms. The van der Waals surface area contributed by atoms with Crippen molar-refractivity contribution in [3.05, 3.63) is 28.4 Å². The maximum Gasteiger partial charge on any atom is 0.250 e. The number of aromatic amines is 1. The summed E-state index contributed by atoms with van der Waals surface area (Å²) < 4.78 is 0. The smallest absolute Gasteiger partial charge is 0.250 e. The minimum Gasteiger partial charge on any atom is -0.369 e. The molecule has 3 N–H and O–H groups in total. The molecule has 1 aromatic rings. The first-order valence-corrected chi connectivity index (χ1v) is 8.87. The van der Waals surface area contributed by atoms with Crippen molar-refractivity contribution in [3.63, 3.8) is 0 Å². The Labute approximate surface area is 146 Å². The normalized spacial score (nSPS) is 22.7. The summed E-state index contributed by atoms with van der Waals surface area (Å²) in [5, 5.41) is 0. The number of carbonyl (C=O) groups excluding carboxylic acids is 2. The standard InChI is InChI=1S/C17H25N5O3/c18-15(23)10-21-6-3-12(4-7-21)17(25)22-5-1-2-13(9-22)14-8-16(24)20-11-19-14/h8,11-13H,1-7,9-10H2,(H2,18,23)(H,19,20,24)/t13-/m1/s1. The summed E-state index contributed by atoms with van der Waals surface area (Å²) in [4.78, 5) is 46.1. The number of nitrogens with zero attached hydrogens (tertiary/aromatic N) is 3. The molecular weight excluding hydrogens is 322 g/mol. The summed E-state index contributed by atoms with van der Waals surface area (Å²) in [5.74, 6) is -0.00720. The van der Waals surface area contributed by atoms with E-state index in [9.17, 15) is 14.4 Å². The Morgan fingerprint density at radius 3 is 2.68 bits per heavy atom. The Morgan fingerprint density at radius 1 is 1.24 bits per heavy atom. The molecule has 2 amide bonds. The predicted octanol–water partition coefficient (Wildman–Crippen LogP) is -0.327. The first-order chi connectivity index (χ1) is 12.0. The zero-order valence-electron chi connectivity index (χ0n) is 14.3. The van der Waals surface area contributed by atoms with Gasteiger partial charge in [-0.2, -0.15) is 0 Å². The molecule has 8 nitrogen and oxygen atoms in total. The predicted molar refractivity (Wildman–Crippen MR) is 91.8 cm³/mol. The minimum atomic E-state index is -0.325. The summed E-state index contributed by atoms with van der Waals surface area (Å²) >= 11 is 0. The van der Waals surface area contributed by atoms with Gasteiger partial charge >= 0.3 is 0 Å². The molecule has 8 heteroatoms. The number of aromatic nitrogens is 2. The number of primary amides is 1. The highest BCUT2D eigenvalue weighted by atomic mass is 16.2. The van der Waals surface area contributed by atoms with Crippen molar-refractivity contribution < 1.29 is 9.59 Å². The molecule has 25 heavy (non-hydrogen) atoms.